The van der Waals surface area contributed by atoms with Crippen molar-refractivity contribution >= 4 is 11.6 Å². The molecule has 0 fully saturated rings. The number of hydrogen-bond acceptors (Lipinski definition) is 3. The normalized spacial score (nSPS) is 9.92. The monoisotopic (exact) mass is 186 g/mol. The van der Waals surface area contributed by atoms with Gasteiger partial charge in [0.2, 0.25) is 5.88 Å². The van der Waals surface area contributed by atoms with Gasteiger partial charge in [-0.2, -0.15) is 0 Å². The Labute approximate surface area is 76.5 Å². The van der Waals surface area contributed by atoms with Crippen molar-refractivity contribution < 1.29 is 4.74 Å². The second-order valence-corrected chi connectivity index (χ2v) is 2.73. The minimum atomic E-state index is 0.542. The number of pyridine rings is 1. The average Bonchev–Trinajstić information content (AvgIpc) is 2.09. The highest BCUT2D eigenvalue weighted by Gasteiger charge is 2.02. The molecule has 0 bridgehead atoms. The molecule has 66 valence electrons. The summed E-state index contributed by atoms with van der Waals surface area (Å²) in [7, 11) is 1.57. The van der Waals surface area contributed by atoms with E-state index < -0.39 is 0 Å². The van der Waals surface area contributed by atoms with Crippen LogP contribution in [0.5, 0.6) is 5.88 Å². The molecule has 0 radical (unpaired) electrons. The number of aromatic nitrogens is 1. The van der Waals surface area contributed by atoms with Crippen LogP contribution in [0, 0.1) is 0 Å². The van der Waals surface area contributed by atoms with Crippen molar-refractivity contribution in [3.8, 4) is 5.88 Å². The number of methoxy groups -OCH3 is 1. The topological polar surface area (TPSA) is 48.1 Å². The summed E-state index contributed by atoms with van der Waals surface area (Å²) in [6.07, 6.45) is 0.677. The van der Waals surface area contributed by atoms with Crippen LogP contribution >= 0.6 is 11.6 Å². The molecule has 0 aliphatic heterocycles. The van der Waals surface area contributed by atoms with Gasteiger partial charge >= 0.3 is 0 Å². The van der Waals surface area contributed by atoms with E-state index in [9.17, 15) is 0 Å². The van der Waals surface area contributed by atoms with Crippen LogP contribution in [0.15, 0.2) is 12.1 Å². The Balaban J connectivity index is 2.91. The van der Waals surface area contributed by atoms with Gasteiger partial charge in [-0.05, 0) is 12.6 Å². The van der Waals surface area contributed by atoms with Crippen molar-refractivity contribution in [3.05, 3.63) is 22.8 Å². The van der Waals surface area contributed by atoms with E-state index in [0.29, 0.717) is 23.9 Å². The summed E-state index contributed by atoms with van der Waals surface area (Å²) >= 11 is 5.86. The smallest absolute Gasteiger partial charge is 0.213 e. The van der Waals surface area contributed by atoms with Crippen molar-refractivity contribution in [3.63, 3.8) is 0 Å². The molecule has 1 heterocycles. The van der Waals surface area contributed by atoms with Crippen LogP contribution in [-0.4, -0.2) is 18.6 Å². The molecule has 0 spiro atoms. The molecule has 0 unspecified atom stereocenters. The highest BCUT2D eigenvalue weighted by atomic mass is 35.5. The SMILES string of the molecule is COc1ccc(Cl)c(CCN)n1. The fraction of sp³-hybridized carbons (Fsp3) is 0.375. The first-order valence-corrected chi connectivity index (χ1v) is 4.05. The molecule has 0 amide bonds. The van der Waals surface area contributed by atoms with E-state index in [1.165, 1.54) is 0 Å². The molecule has 2 N–H and O–H groups in total. The number of hydrogen-bond donors (Lipinski definition) is 1. The van der Waals surface area contributed by atoms with Crippen LogP contribution in [0.25, 0.3) is 0 Å². The molecular formula is C8H11ClN2O. The summed E-state index contributed by atoms with van der Waals surface area (Å²) in [5, 5.41) is 0.640. The van der Waals surface area contributed by atoms with Gasteiger partial charge in [0, 0.05) is 12.5 Å². The van der Waals surface area contributed by atoms with Gasteiger partial charge < -0.3 is 10.5 Å². The van der Waals surface area contributed by atoms with Crippen LogP contribution in [0.3, 0.4) is 0 Å². The third-order valence-corrected chi connectivity index (χ3v) is 1.83. The summed E-state index contributed by atoms with van der Waals surface area (Å²) in [4.78, 5) is 4.15. The highest BCUT2D eigenvalue weighted by Crippen LogP contribution is 2.17. The first-order chi connectivity index (χ1) is 5.77. The predicted octanol–water partition coefficient (Wildman–Crippen LogP) is 1.24. The van der Waals surface area contributed by atoms with E-state index in [0.717, 1.165) is 5.69 Å². The van der Waals surface area contributed by atoms with Gasteiger partial charge in [-0.1, -0.05) is 11.6 Å². The molecule has 3 nitrogen and oxygen atoms in total. The van der Waals surface area contributed by atoms with Gasteiger partial charge in [0.15, 0.2) is 0 Å². The van der Waals surface area contributed by atoms with Gasteiger partial charge in [0.1, 0.15) is 0 Å². The maximum Gasteiger partial charge on any atom is 0.213 e. The van der Waals surface area contributed by atoms with E-state index in [4.69, 9.17) is 22.1 Å². The number of ether oxygens (including phenoxy) is 1. The zero-order valence-electron chi connectivity index (χ0n) is 6.88. The largest absolute Gasteiger partial charge is 0.481 e. The number of nitrogens with zero attached hydrogens (tertiary/aromatic N) is 1. The van der Waals surface area contributed by atoms with Gasteiger partial charge in [0.05, 0.1) is 17.8 Å². The lowest BCUT2D eigenvalue weighted by Gasteiger charge is -2.03. The van der Waals surface area contributed by atoms with Crippen molar-refractivity contribution in [2.75, 3.05) is 13.7 Å². The lowest BCUT2D eigenvalue weighted by molar-refractivity contribution is 0.396. The predicted molar refractivity (Wildman–Crippen MR) is 48.6 cm³/mol. The second kappa shape index (κ2) is 4.28. The van der Waals surface area contributed by atoms with E-state index in [1.807, 2.05) is 0 Å². The third-order valence-electron chi connectivity index (χ3n) is 1.48. The number of rotatable bonds is 3. The molecule has 1 aromatic heterocycles. The lowest BCUT2D eigenvalue weighted by Crippen LogP contribution is -2.05. The highest BCUT2D eigenvalue weighted by molar-refractivity contribution is 6.31. The lowest BCUT2D eigenvalue weighted by atomic mass is 10.3. The molecule has 0 saturated carbocycles. The van der Waals surface area contributed by atoms with E-state index >= 15 is 0 Å². The molecule has 1 rings (SSSR count). The van der Waals surface area contributed by atoms with E-state index in [-0.39, 0.29) is 0 Å². The summed E-state index contributed by atoms with van der Waals surface area (Å²) in [5.74, 6) is 0.572. The fourth-order valence-corrected chi connectivity index (χ4v) is 1.09. The van der Waals surface area contributed by atoms with Crippen molar-refractivity contribution in [1.29, 1.82) is 0 Å². The van der Waals surface area contributed by atoms with Gasteiger partial charge in [-0.3, -0.25) is 0 Å². The Hall–Kier alpha value is -0.800. The molecule has 0 aromatic carbocycles. The quantitative estimate of drug-likeness (QED) is 0.773. The van der Waals surface area contributed by atoms with Crippen LogP contribution in [0.2, 0.25) is 5.02 Å². The summed E-state index contributed by atoms with van der Waals surface area (Å²) in [6, 6.07) is 3.49. The summed E-state index contributed by atoms with van der Waals surface area (Å²) in [5.41, 5.74) is 6.17. The van der Waals surface area contributed by atoms with Crippen molar-refractivity contribution in [2.24, 2.45) is 5.73 Å². The first-order valence-electron chi connectivity index (χ1n) is 3.67. The van der Waals surface area contributed by atoms with E-state index in [1.54, 1.807) is 19.2 Å². The molecule has 0 saturated heterocycles. The molecule has 0 aliphatic rings. The van der Waals surface area contributed by atoms with Crippen molar-refractivity contribution in [1.82, 2.24) is 4.98 Å². The first kappa shape index (κ1) is 9.29. The fourth-order valence-electron chi connectivity index (χ4n) is 0.890. The maximum atomic E-state index is 5.86. The third kappa shape index (κ3) is 2.09. The zero-order valence-corrected chi connectivity index (χ0v) is 7.64. The molecular weight excluding hydrogens is 176 g/mol. The minimum absolute atomic E-state index is 0.542. The van der Waals surface area contributed by atoms with Crippen LogP contribution in [-0.2, 0) is 6.42 Å². The Morgan fingerprint density at radius 1 is 1.58 bits per heavy atom. The Kier molecular flexibility index (Phi) is 3.31. The maximum absolute atomic E-state index is 5.86. The van der Waals surface area contributed by atoms with Crippen LogP contribution in [0.4, 0.5) is 0 Å². The van der Waals surface area contributed by atoms with Gasteiger partial charge in [-0.15, -0.1) is 0 Å². The zero-order chi connectivity index (χ0) is 8.97. The molecule has 0 atom stereocenters. The van der Waals surface area contributed by atoms with Gasteiger partial charge in [-0.25, -0.2) is 4.98 Å². The second-order valence-electron chi connectivity index (χ2n) is 2.32. The summed E-state index contributed by atoms with van der Waals surface area (Å²) in [6.45, 7) is 0.542. The number of nitrogens with two attached hydrogens (primary N) is 1. The Bertz CT molecular complexity index is 265. The molecule has 0 aliphatic carbocycles. The number of halogens is 1. The standard InChI is InChI=1S/C8H11ClN2O/c1-12-8-3-2-6(9)7(11-8)4-5-10/h2-3H,4-5,10H2,1H3. The van der Waals surface area contributed by atoms with Crippen LogP contribution < -0.4 is 10.5 Å². The molecule has 12 heavy (non-hydrogen) atoms. The van der Waals surface area contributed by atoms with Crippen molar-refractivity contribution in [2.45, 2.75) is 6.42 Å². The van der Waals surface area contributed by atoms with Crippen LogP contribution in [0.1, 0.15) is 5.69 Å². The Morgan fingerprint density at radius 3 is 2.92 bits per heavy atom. The molecule has 1 aromatic rings. The average molecular weight is 187 g/mol. The molecule has 4 heteroatoms. The summed E-state index contributed by atoms with van der Waals surface area (Å²) < 4.78 is 4.95. The van der Waals surface area contributed by atoms with Gasteiger partial charge in [0.25, 0.3) is 0 Å². The van der Waals surface area contributed by atoms with E-state index in [2.05, 4.69) is 4.98 Å². The minimum Gasteiger partial charge on any atom is -0.481 e. The Morgan fingerprint density at radius 2 is 2.33 bits per heavy atom.